The molecule has 1 unspecified atom stereocenters. The lowest BCUT2D eigenvalue weighted by Gasteiger charge is -2.41. The van der Waals surface area contributed by atoms with E-state index in [1.807, 2.05) is 31.2 Å². The number of anilines is 1. The molecule has 2 heterocycles. The molecule has 0 spiro atoms. The molecule has 1 aliphatic heterocycles. The van der Waals surface area contributed by atoms with Crippen molar-refractivity contribution in [3.63, 3.8) is 0 Å². The van der Waals surface area contributed by atoms with Crippen LogP contribution >= 0.6 is 0 Å². The lowest BCUT2D eigenvalue weighted by Crippen LogP contribution is -2.63. The van der Waals surface area contributed by atoms with Gasteiger partial charge in [-0.05, 0) is 38.8 Å². The topological polar surface area (TPSA) is 96.3 Å². The summed E-state index contributed by atoms with van der Waals surface area (Å²) in [5.41, 5.74) is 1.13. The van der Waals surface area contributed by atoms with Gasteiger partial charge in [0.25, 0.3) is 11.8 Å². The van der Waals surface area contributed by atoms with Gasteiger partial charge in [0.05, 0.1) is 6.54 Å². The highest BCUT2D eigenvalue weighted by Crippen LogP contribution is 2.27. The fraction of sp³-hybridized carbons (Fsp3) is 0.500. The van der Waals surface area contributed by atoms with Crippen molar-refractivity contribution in [3.05, 3.63) is 47.3 Å². The van der Waals surface area contributed by atoms with Gasteiger partial charge in [0, 0.05) is 24.8 Å². The molecule has 2 N–H and O–H groups in total. The molecular formula is C24H31N5O3. The number of aryl methyl sites for hydroxylation is 1. The molecule has 0 radical (unpaired) electrons. The van der Waals surface area contributed by atoms with Gasteiger partial charge in [-0.3, -0.25) is 19.1 Å². The zero-order chi connectivity index (χ0) is 22.9. The summed E-state index contributed by atoms with van der Waals surface area (Å²) in [6.07, 6.45) is 6.56. The molecule has 4 rings (SSSR count). The molecule has 170 valence electrons. The number of hydrogen-bond donors (Lipinski definition) is 2. The molecule has 1 atom stereocenters. The number of benzene rings is 1. The van der Waals surface area contributed by atoms with Crippen molar-refractivity contribution < 1.29 is 14.4 Å². The van der Waals surface area contributed by atoms with Gasteiger partial charge >= 0.3 is 0 Å². The van der Waals surface area contributed by atoms with Crippen LogP contribution in [0, 0.1) is 6.92 Å². The lowest BCUT2D eigenvalue weighted by atomic mass is 9.95. The second kappa shape index (κ2) is 8.76. The van der Waals surface area contributed by atoms with Crippen molar-refractivity contribution in [2.75, 3.05) is 12.4 Å². The number of carbonyl (C=O) groups is 3. The minimum atomic E-state index is -1.08. The maximum Gasteiger partial charge on any atom is 0.276 e. The van der Waals surface area contributed by atoms with Gasteiger partial charge in [0.15, 0.2) is 5.69 Å². The fourth-order valence-electron chi connectivity index (χ4n) is 4.43. The number of likely N-dealkylation sites (N-methyl/N-ethyl adjacent to an activating group) is 1. The van der Waals surface area contributed by atoms with Gasteiger partial charge in [-0.1, -0.05) is 43.4 Å². The Morgan fingerprint density at radius 2 is 1.75 bits per heavy atom. The minimum absolute atomic E-state index is 0.139. The third-order valence-electron chi connectivity index (χ3n) is 6.72. The van der Waals surface area contributed by atoms with E-state index < -0.39 is 11.4 Å². The molecule has 1 aliphatic carbocycles. The van der Waals surface area contributed by atoms with E-state index in [0.29, 0.717) is 11.4 Å². The van der Waals surface area contributed by atoms with Crippen LogP contribution in [-0.4, -0.2) is 51.0 Å². The Balaban J connectivity index is 1.52. The Kier molecular flexibility index (Phi) is 6.04. The lowest BCUT2D eigenvalue weighted by molar-refractivity contribution is -0.133. The number of rotatable bonds is 4. The number of fused-ring (bicyclic) bond motifs is 1. The smallest absolute Gasteiger partial charge is 0.276 e. The molecule has 2 aromatic rings. The molecule has 1 saturated carbocycles. The van der Waals surface area contributed by atoms with E-state index in [1.165, 1.54) is 28.5 Å². The summed E-state index contributed by atoms with van der Waals surface area (Å²) in [5.74, 6) is -0.889. The molecule has 2 aliphatic rings. The van der Waals surface area contributed by atoms with E-state index in [1.54, 1.807) is 14.0 Å². The van der Waals surface area contributed by atoms with Gasteiger partial charge in [0.1, 0.15) is 11.2 Å². The highest BCUT2D eigenvalue weighted by atomic mass is 16.2. The molecule has 3 amide bonds. The standard InChI is InChI=1S/C24H31N5O3/c1-16-10-12-18(13-11-16)25-21(30)19-14-20-22(31)28(3)24(2,15-29(20)27-19)23(32)26-17-8-6-4-5-7-9-17/h10-14,17H,4-9,15H2,1-3H3,(H,25,30)(H,26,32). The van der Waals surface area contributed by atoms with E-state index in [-0.39, 0.29) is 30.1 Å². The van der Waals surface area contributed by atoms with E-state index >= 15 is 0 Å². The van der Waals surface area contributed by atoms with Crippen molar-refractivity contribution in [1.82, 2.24) is 20.0 Å². The van der Waals surface area contributed by atoms with Crippen LogP contribution < -0.4 is 10.6 Å². The van der Waals surface area contributed by atoms with Gasteiger partial charge in [-0.2, -0.15) is 5.10 Å². The normalized spacial score (nSPS) is 21.6. The van der Waals surface area contributed by atoms with Crippen LogP contribution in [0.5, 0.6) is 0 Å². The van der Waals surface area contributed by atoms with E-state index in [4.69, 9.17) is 0 Å². The molecule has 1 aromatic carbocycles. The molecular weight excluding hydrogens is 406 g/mol. The first-order chi connectivity index (χ1) is 15.3. The molecule has 1 fully saturated rings. The summed E-state index contributed by atoms with van der Waals surface area (Å²) >= 11 is 0. The van der Waals surface area contributed by atoms with Crippen LogP contribution in [0.4, 0.5) is 5.69 Å². The molecule has 0 bridgehead atoms. The summed E-state index contributed by atoms with van der Waals surface area (Å²) in [6.45, 7) is 3.93. The maximum absolute atomic E-state index is 13.3. The summed E-state index contributed by atoms with van der Waals surface area (Å²) in [5, 5.41) is 10.3. The van der Waals surface area contributed by atoms with E-state index in [0.717, 1.165) is 31.2 Å². The van der Waals surface area contributed by atoms with Gasteiger partial charge in [-0.25, -0.2) is 0 Å². The van der Waals surface area contributed by atoms with Gasteiger partial charge in [-0.15, -0.1) is 0 Å². The second-order valence-electron chi connectivity index (χ2n) is 9.19. The Morgan fingerprint density at radius 1 is 1.09 bits per heavy atom. The van der Waals surface area contributed by atoms with Gasteiger partial charge < -0.3 is 15.5 Å². The largest absolute Gasteiger partial charge is 0.351 e. The van der Waals surface area contributed by atoms with Crippen molar-refractivity contribution in [2.45, 2.75) is 70.5 Å². The van der Waals surface area contributed by atoms with E-state index in [9.17, 15) is 14.4 Å². The van der Waals surface area contributed by atoms with Crippen LogP contribution in [-0.2, 0) is 11.3 Å². The maximum atomic E-state index is 13.3. The van der Waals surface area contributed by atoms with Crippen LogP contribution in [0.15, 0.2) is 30.3 Å². The first kappa shape index (κ1) is 22.0. The highest BCUT2D eigenvalue weighted by Gasteiger charge is 2.46. The molecule has 8 nitrogen and oxygen atoms in total. The minimum Gasteiger partial charge on any atom is -0.351 e. The number of aromatic nitrogens is 2. The first-order valence-electron chi connectivity index (χ1n) is 11.3. The molecule has 0 saturated heterocycles. The average molecular weight is 438 g/mol. The van der Waals surface area contributed by atoms with Crippen LogP contribution in [0.1, 0.15) is 72.0 Å². The number of nitrogens with one attached hydrogen (secondary N) is 2. The third kappa shape index (κ3) is 4.26. The monoisotopic (exact) mass is 437 g/mol. The predicted molar refractivity (Wildman–Crippen MR) is 121 cm³/mol. The molecule has 8 heteroatoms. The Hall–Kier alpha value is -3.16. The Bertz CT molecular complexity index is 1020. The predicted octanol–water partition coefficient (Wildman–Crippen LogP) is 3.13. The SMILES string of the molecule is Cc1ccc(NC(=O)c2cc3n(n2)CC(C)(C(=O)NC2CCCCCC2)N(C)C3=O)cc1. The summed E-state index contributed by atoms with van der Waals surface area (Å²) in [4.78, 5) is 40.5. The van der Waals surface area contributed by atoms with Crippen LogP contribution in [0.2, 0.25) is 0 Å². The summed E-state index contributed by atoms with van der Waals surface area (Å²) in [6, 6.07) is 9.08. The third-order valence-corrected chi connectivity index (χ3v) is 6.72. The van der Waals surface area contributed by atoms with Crippen LogP contribution in [0.25, 0.3) is 0 Å². The zero-order valence-corrected chi connectivity index (χ0v) is 19.0. The number of hydrogen-bond acceptors (Lipinski definition) is 4. The highest BCUT2D eigenvalue weighted by molar-refractivity contribution is 6.05. The first-order valence-corrected chi connectivity index (χ1v) is 11.3. The number of nitrogens with zero attached hydrogens (tertiary/aromatic N) is 3. The number of amides is 3. The van der Waals surface area contributed by atoms with E-state index in [2.05, 4.69) is 15.7 Å². The van der Waals surface area contributed by atoms with Crippen molar-refractivity contribution in [3.8, 4) is 0 Å². The fourth-order valence-corrected chi connectivity index (χ4v) is 4.43. The quantitative estimate of drug-likeness (QED) is 0.719. The summed E-state index contributed by atoms with van der Waals surface area (Å²) < 4.78 is 1.49. The zero-order valence-electron chi connectivity index (χ0n) is 19.0. The van der Waals surface area contributed by atoms with Crippen molar-refractivity contribution >= 4 is 23.4 Å². The Labute approximate surface area is 188 Å². The Morgan fingerprint density at radius 3 is 2.41 bits per heavy atom. The van der Waals surface area contributed by atoms with Crippen molar-refractivity contribution in [2.24, 2.45) is 0 Å². The van der Waals surface area contributed by atoms with Crippen molar-refractivity contribution in [1.29, 1.82) is 0 Å². The summed E-state index contributed by atoms with van der Waals surface area (Å²) in [7, 11) is 1.64. The van der Waals surface area contributed by atoms with Crippen LogP contribution in [0.3, 0.4) is 0 Å². The molecule has 1 aromatic heterocycles. The average Bonchev–Trinajstić information content (AvgIpc) is 3.02. The second-order valence-corrected chi connectivity index (χ2v) is 9.19. The molecule has 32 heavy (non-hydrogen) atoms. The number of carbonyl (C=O) groups excluding carboxylic acids is 3. The van der Waals surface area contributed by atoms with Gasteiger partial charge in [0.2, 0.25) is 5.91 Å².